The largest absolute Gasteiger partial charge is 0.355 e. The van der Waals surface area contributed by atoms with E-state index in [0.29, 0.717) is 30.2 Å². The first-order valence-electron chi connectivity index (χ1n) is 7.51. The average Bonchev–Trinajstić information content (AvgIpc) is 3.27. The van der Waals surface area contributed by atoms with Crippen LogP contribution in [-0.2, 0) is 23.0 Å². The lowest BCUT2D eigenvalue weighted by atomic mass is 10.1. The second-order valence-corrected chi connectivity index (χ2v) is 8.93. The van der Waals surface area contributed by atoms with Gasteiger partial charge in [0, 0.05) is 41.7 Å². The zero-order valence-corrected chi connectivity index (χ0v) is 14.9. The Morgan fingerprint density at radius 3 is 2.96 bits per heavy atom. The van der Waals surface area contributed by atoms with Gasteiger partial charge in [-0.05, 0) is 19.9 Å². The molecule has 0 aliphatic carbocycles. The first-order valence-corrected chi connectivity index (χ1v) is 9.77. The maximum atomic E-state index is 13.1. The Hall–Kier alpha value is -1.97. The average molecular weight is 364 g/mol. The van der Waals surface area contributed by atoms with Crippen molar-refractivity contribution in [1.29, 1.82) is 0 Å². The molecule has 0 fully saturated rings. The monoisotopic (exact) mass is 364 g/mol. The summed E-state index contributed by atoms with van der Waals surface area (Å²) < 4.78 is 32.8. The van der Waals surface area contributed by atoms with Gasteiger partial charge in [-0.1, -0.05) is 5.16 Å². The second kappa shape index (κ2) is 5.54. The minimum atomic E-state index is -3.56. The van der Waals surface area contributed by atoms with Crippen molar-refractivity contribution in [2.75, 3.05) is 6.54 Å². The van der Waals surface area contributed by atoms with Gasteiger partial charge in [0.15, 0.2) is 5.76 Å². The molecule has 0 amide bonds. The number of nitrogens with one attached hydrogen (secondary N) is 1. The minimum Gasteiger partial charge on any atom is -0.355 e. The summed E-state index contributed by atoms with van der Waals surface area (Å²) in [5, 5.41) is 10.9. The molecule has 7 nitrogen and oxygen atoms in total. The van der Waals surface area contributed by atoms with Crippen LogP contribution in [0, 0.1) is 13.8 Å². The van der Waals surface area contributed by atoms with Gasteiger partial charge < -0.3 is 4.52 Å². The summed E-state index contributed by atoms with van der Waals surface area (Å²) in [5.74, 6) is 0.580. The number of rotatable bonds is 3. The maximum Gasteiger partial charge on any atom is 0.244 e. The van der Waals surface area contributed by atoms with Gasteiger partial charge in [0.25, 0.3) is 0 Å². The van der Waals surface area contributed by atoms with E-state index in [-0.39, 0.29) is 0 Å². The number of hydrogen-bond donors (Lipinski definition) is 1. The van der Waals surface area contributed by atoms with Crippen LogP contribution in [0.2, 0.25) is 0 Å². The van der Waals surface area contributed by atoms with Gasteiger partial charge in [-0.3, -0.25) is 5.10 Å². The van der Waals surface area contributed by atoms with E-state index in [1.807, 2.05) is 13.8 Å². The standard InChI is InChI=1S/C15H16N4O3S2/c1-9-11-8-19(6-4-12(11)18-17-9)24(20,21)15-7-14(23-10(15)2)13-3-5-16-22-13/h3,5,7H,4,6,8H2,1-2H3,(H,17,18). The van der Waals surface area contributed by atoms with Crippen LogP contribution in [-0.4, -0.2) is 34.6 Å². The molecule has 0 unspecified atom stereocenters. The van der Waals surface area contributed by atoms with Crippen LogP contribution in [0.3, 0.4) is 0 Å². The molecule has 4 heterocycles. The van der Waals surface area contributed by atoms with Gasteiger partial charge in [0.1, 0.15) is 0 Å². The van der Waals surface area contributed by atoms with E-state index >= 15 is 0 Å². The lowest BCUT2D eigenvalue weighted by Gasteiger charge is -2.26. The Labute approximate surface area is 143 Å². The van der Waals surface area contributed by atoms with Crippen LogP contribution in [0.1, 0.15) is 21.8 Å². The molecule has 1 aliphatic rings. The van der Waals surface area contributed by atoms with Gasteiger partial charge in [-0.25, -0.2) is 8.42 Å². The molecular weight excluding hydrogens is 348 g/mol. The summed E-state index contributed by atoms with van der Waals surface area (Å²) in [4.78, 5) is 1.85. The van der Waals surface area contributed by atoms with E-state index in [1.165, 1.54) is 15.6 Å². The molecule has 1 N–H and O–H groups in total. The fraction of sp³-hybridized carbons (Fsp3) is 0.333. The quantitative estimate of drug-likeness (QED) is 0.771. The van der Waals surface area contributed by atoms with E-state index < -0.39 is 10.0 Å². The number of H-pyrrole nitrogens is 1. The second-order valence-electron chi connectivity index (χ2n) is 5.77. The molecule has 3 aromatic heterocycles. The molecule has 0 aromatic carbocycles. The number of aromatic amines is 1. The molecule has 3 aromatic rings. The Kier molecular flexibility index (Phi) is 3.59. The van der Waals surface area contributed by atoms with E-state index in [1.54, 1.807) is 18.3 Å². The minimum absolute atomic E-state index is 0.337. The third kappa shape index (κ3) is 2.40. The van der Waals surface area contributed by atoms with Crippen molar-refractivity contribution in [3.8, 4) is 10.6 Å². The number of thiophene rings is 1. The zero-order chi connectivity index (χ0) is 16.9. The zero-order valence-electron chi connectivity index (χ0n) is 13.2. The number of aryl methyl sites for hydroxylation is 2. The van der Waals surface area contributed by atoms with Crippen molar-refractivity contribution < 1.29 is 12.9 Å². The SMILES string of the molecule is Cc1[nH]nc2c1CN(S(=O)(=O)c1cc(-c3ccno3)sc1C)CC2. The lowest BCUT2D eigenvalue weighted by molar-refractivity contribution is 0.389. The van der Waals surface area contributed by atoms with Crippen LogP contribution in [0.15, 0.2) is 27.7 Å². The summed E-state index contributed by atoms with van der Waals surface area (Å²) in [6.45, 7) is 4.52. The molecule has 0 bridgehead atoms. The van der Waals surface area contributed by atoms with Gasteiger partial charge in [-0.2, -0.15) is 9.40 Å². The molecule has 0 saturated carbocycles. The molecule has 0 atom stereocenters. The maximum absolute atomic E-state index is 13.1. The molecule has 4 rings (SSSR count). The predicted octanol–water partition coefficient (Wildman–Crippen LogP) is 2.49. The lowest BCUT2D eigenvalue weighted by Crippen LogP contribution is -2.36. The summed E-state index contributed by atoms with van der Waals surface area (Å²) in [7, 11) is -3.56. The molecular formula is C15H16N4O3S2. The van der Waals surface area contributed by atoms with E-state index in [9.17, 15) is 8.42 Å². The van der Waals surface area contributed by atoms with Crippen molar-refractivity contribution in [2.24, 2.45) is 0 Å². The Bertz CT molecular complexity index is 986. The molecule has 0 radical (unpaired) electrons. The number of sulfonamides is 1. The molecule has 24 heavy (non-hydrogen) atoms. The fourth-order valence-electron chi connectivity index (χ4n) is 2.94. The van der Waals surface area contributed by atoms with Crippen LogP contribution < -0.4 is 0 Å². The normalized spacial score (nSPS) is 15.6. The van der Waals surface area contributed by atoms with Gasteiger partial charge in [0.05, 0.1) is 21.7 Å². The Morgan fingerprint density at radius 2 is 2.21 bits per heavy atom. The van der Waals surface area contributed by atoms with Gasteiger partial charge >= 0.3 is 0 Å². The molecule has 1 aliphatic heterocycles. The molecule has 0 spiro atoms. The highest BCUT2D eigenvalue weighted by atomic mass is 32.2. The number of nitrogens with zero attached hydrogens (tertiary/aromatic N) is 3. The Balaban J connectivity index is 1.70. The molecule has 9 heteroatoms. The fourth-order valence-corrected chi connectivity index (χ4v) is 5.86. The third-order valence-corrected chi connectivity index (χ3v) is 7.43. The first-order chi connectivity index (χ1) is 11.5. The number of fused-ring (bicyclic) bond motifs is 1. The third-order valence-electron chi connectivity index (χ3n) is 4.26. The van der Waals surface area contributed by atoms with E-state index in [0.717, 1.165) is 26.7 Å². The van der Waals surface area contributed by atoms with Gasteiger partial charge in [-0.15, -0.1) is 11.3 Å². The van der Waals surface area contributed by atoms with Crippen LogP contribution in [0.5, 0.6) is 0 Å². The molecule has 126 valence electrons. The highest BCUT2D eigenvalue weighted by Gasteiger charge is 2.32. The predicted molar refractivity (Wildman–Crippen MR) is 89.2 cm³/mol. The summed E-state index contributed by atoms with van der Waals surface area (Å²) >= 11 is 1.40. The van der Waals surface area contributed by atoms with Crippen molar-refractivity contribution in [2.45, 2.75) is 31.7 Å². The number of hydrogen-bond acceptors (Lipinski definition) is 6. The summed E-state index contributed by atoms with van der Waals surface area (Å²) in [6, 6.07) is 3.40. The first kappa shape index (κ1) is 15.6. The van der Waals surface area contributed by atoms with E-state index in [2.05, 4.69) is 15.4 Å². The topological polar surface area (TPSA) is 92.1 Å². The highest BCUT2D eigenvalue weighted by molar-refractivity contribution is 7.89. The van der Waals surface area contributed by atoms with Crippen LogP contribution in [0.4, 0.5) is 0 Å². The summed E-state index contributed by atoms with van der Waals surface area (Å²) in [5.41, 5.74) is 2.87. The number of aromatic nitrogens is 3. The van der Waals surface area contributed by atoms with Gasteiger partial charge in [0.2, 0.25) is 10.0 Å². The van der Waals surface area contributed by atoms with Crippen LogP contribution in [0.25, 0.3) is 10.6 Å². The molecule has 0 saturated heterocycles. The smallest absolute Gasteiger partial charge is 0.244 e. The highest BCUT2D eigenvalue weighted by Crippen LogP contribution is 2.36. The van der Waals surface area contributed by atoms with Crippen molar-refractivity contribution >= 4 is 21.4 Å². The Morgan fingerprint density at radius 1 is 1.38 bits per heavy atom. The van der Waals surface area contributed by atoms with Crippen molar-refractivity contribution in [3.05, 3.63) is 40.2 Å². The van der Waals surface area contributed by atoms with Crippen molar-refractivity contribution in [1.82, 2.24) is 19.7 Å². The van der Waals surface area contributed by atoms with Crippen molar-refractivity contribution in [3.63, 3.8) is 0 Å². The van der Waals surface area contributed by atoms with Crippen LogP contribution >= 0.6 is 11.3 Å². The van der Waals surface area contributed by atoms with E-state index in [4.69, 9.17) is 4.52 Å². The summed E-state index contributed by atoms with van der Waals surface area (Å²) in [6.07, 6.45) is 2.17.